The minimum Gasteiger partial charge on any atom is -0.272 e. The van der Waals surface area contributed by atoms with Crippen molar-refractivity contribution in [2.45, 2.75) is 32.1 Å². The summed E-state index contributed by atoms with van der Waals surface area (Å²) < 4.78 is 28.6. The van der Waals surface area contributed by atoms with Gasteiger partial charge >= 0.3 is 0 Å². The van der Waals surface area contributed by atoms with Gasteiger partial charge in [0.15, 0.2) is 0 Å². The van der Waals surface area contributed by atoms with E-state index < -0.39 is 22.5 Å². The summed E-state index contributed by atoms with van der Waals surface area (Å²) in [7, 11) is -3.96. The Kier molecular flexibility index (Phi) is 9.08. The van der Waals surface area contributed by atoms with Gasteiger partial charge in [0, 0.05) is 12.1 Å². The van der Waals surface area contributed by atoms with Crippen molar-refractivity contribution < 1.29 is 13.2 Å². The minimum atomic E-state index is -3.96. The van der Waals surface area contributed by atoms with Gasteiger partial charge in [-0.15, -0.1) is 0 Å². The number of carbonyl (C=O) groups excluding carboxylic acids is 1. The molecule has 1 N–H and O–H groups in total. The maximum atomic E-state index is 13.7. The van der Waals surface area contributed by atoms with Gasteiger partial charge in [0.25, 0.3) is 5.91 Å². The van der Waals surface area contributed by atoms with E-state index in [2.05, 4.69) is 10.5 Å². The van der Waals surface area contributed by atoms with Gasteiger partial charge in [0.1, 0.15) is 0 Å². The molecule has 0 radical (unpaired) electrons. The van der Waals surface area contributed by atoms with Crippen LogP contribution in [0.3, 0.4) is 0 Å². The van der Waals surface area contributed by atoms with Crippen molar-refractivity contribution in [1.29, 1.82) is 0 Å². The summed E-state index contributed by atoms with van der Waals surface area (Å²) in [6, 6.07) is 18.2. The molecule has 1 amide bonds. The molecule has 0 atom stereocenters. The Hall–Kier alpha value is -2.71. The van der Waals surface area contributed by atoms with Gasteiger partial charge in [0.05, 0.1) is 27.7 Å². The number of rotatable bonds is 9. The lowest BCUT2D eigenvalue weighted by molar-refractivity contribution is -0.121. The van der Waals surface area contributed by atoms with E-state index in [4.69, 9.17) is 23.2 Å². The second-order valence-electron chi connectivity index (χ2n) is 8.23. The van der Waals surface area contributed by atoms with Crippen LogP contribution < -0.4 is 5.43 Å². The number of benzene rings is 3. The highest BCUT2D eigenvalue weighted by atomic mass is 35.5. The molecule has 6 nitrogen and oxygen atoms in total. The van der Waals surface area contributed by atoms with Crippen LogP contribution in [0.2, 0.25) is 10.0 Å². The van der Waals surface area contributed by atoms with Crippen molar-refractivity contribution in [2.75, 3.05) is 13.1 Å². The van der Waals surface area contributed by atoms with Gasteiger partial charge in [-0.3, -0.25) is 4.79 Å². The van der Waals surface area contributed by atoms with Crippen LogP contribution in [0, 0.1) is 20.8 Å². The van der Waals surface area contributed by atoms with Crippen molar-refractivity contribution in [2.24, 2.45) is 5.10 Å². The predicted octanol–water partition coefficient (Wildman–Crippen LogP) is 5.30. The van der Waals surface area contributed by atoms with Crippen LogP contribution in [0.25, 0.3) is 0 Å². The zero-order valence-corrected chi connectivity index (χ0v) is 22.1. The molecule has 3 aromatic carbocycles. The van der Waals surface area contributed by atoms with Crippen LogP contribution in [0.15, 0.2) is 70.7 Å². The first-order valence-electron chi connectivity index (χ1n) is 11.0. The lowest BCUT2D eigenvalue weighted by atomic mass is 10.1. The second-order valence-corrected chi connectivity index (χ2v) is 10.9. The molecule has 0 fully saturated rings. The van der Waals surface area contributed by atoms with Crippen molar-refractivity contribution in [3.8, 4) is 0 Å². The fourth-order valence-electron chi connectivity index (χ4n) is 3.88. The molecular weight excluding hydrogens is 505 g/mol. The largest absolute Gasteiger partial charge is 0.272 e. The average molecular weight is 532 g/mol. The van der Waals surface area contributed by atoms with Crippen LogP contribution >= 0.6 is 23.2 Å². The number of sulfonamides is 1. The molecule has 0 unspecified atom stereocenters. The van der Waals surface area contributed by atoms with Crippen molar-refractivity contribution in [3.63, 3.8) is 0 Å². The molecule has 0 bridgehead atoms. The zero-order chi connectivity index (χ0) is 25.6. The van der Waals surface area contributed by atoms with E-state index in [-0.39, 0.29) is 11.4 Å². The first-order chi connectivity index (χ1) is 16.6. The topological polar surface area (TPSA) is 78.8 Å². The lowest BCUT2D eigenvalue weighted by Gasteiger charge is -2.24. The number of aryl methyl sites for hydroxylation is 3. The third kappa shape index (κ3) is 6.92. The number of hydrogen-bond donors (Lipinski definition) is 1. The monoisotopic (exact) mass is 531 g/mol. The quantitative estimate of drug-likeness (QED) is 0.300. The number of halogens is 2. The Balaban J connectivity index is 1.84. The number of hydrazone groups is 1. The zero-order valence-electron chi connectivity index (χ0n) is 19.8. The molecule has 184 valence electrons. The molecule has 0 aliphatic carbocycles. The third-order valence-electron chi connectivity index (χ3n) is 5.40. The summed E-state index contributed by atoms with van der Waals surface area (Å²) >= 11 is 12.2. The van der Waals surface area contributed by atoms with Crippen LogP contribution in [-0.4, -0.2) is 37.9 Å². The molecule has 0 saturated heterocycles. The molecule has 0 aromatic heterocycles. The summed E-state index contributed by atoms with van der Waals surface area (Å²) in [6.07, 6.45) is 1.79. The Morgan fingerprint density at radius 3 is 2.17 bits per heavy atom. The van der Waals surface area contributed by atoms with E-state index in [1.54, 1.807) is 32.0 Å². The fraction of sp³-hybridized carbons (Fsp3) is 0.231. The molecule has 9 heteroatoms. The van der Waals surface area contributed by atoms with Gasteiger partial charge < -0.3 is 0 Å². The standard InChI is InChI=1S/C26H27Cl2N3O3S/c1-18-14-19(2)26(20(3)15-18)35(33,34)31(13-12-21-8-5-4-6-9-21)17-25(32)30-29-16-22-23(27)10-7-11-24(22)28/h4-11,14-16H,12-13,17H2,1-3H3,(H,30,32)/b29-16+. The Morgan fingerprint density at radius 1 is 0.971 bits per heavy atom. The SMILES string of the molecule is Cc1cc(C)c(S(=O)(=O)N(CCc2ccccc2)CC(=O)N/N=C/c2c(Cl)cccc2Cl)c(C)c1. The summed E-state index contributed by atoms with van der Waals surface area (Å²) in [5.41, 5.74) is 6.06. The molecule has 0 aliphatic rings. The van der Waals surface area contributed by atoms with Gasteiger partial charge in [0.2, 0.25) is 10.0 Å². The van der Waals surface area contributed by atoms with Crippen LogP contribution in [0.4, 0.5) is 0 Å². The van der Waals surface area contributed by atoms with Gasteiger partial charge in [-0.05, 0) is 56.0 Å². The molecular formula is C26H27Cl2N3O3S. The van der Waals surface area contributed by atoms with Crippen LogP contribution in [-0.2, 0) is 21.2 Å². The lowest BCUT2D eigenvalue weighted by Crippen LogP contribution is -2.41. The maximum absolute atomic E-state index is 13.7. The molecule has 3 aromatic rings. The average Bonchev–Trinajstić information content (AvgIpc) is 2.78. The van der Waals surface area contributed by atoms with E-state index in [1.165, 1.54) is 10.5 Å². The van der Waals surface area contributed by atoms with Crippen LogP contribution in [0.1, 0.15) is 27.8 Å². The van der Waals surface area contributed by atoms with Crippen molar-refractivity contribution >= 4 is 45.3 Å². The minimum absolute atomic E-state index is 0.132. The van der Waals surface area contributed by atoms with E-state index in [0.29, 0.717) is 33.2 Å². The van der Waals surface area contributed by atoms with E-state index in [0.717, 1.165) is 11.1 Å². The van der Waals surface area contributed by atoms with Gasteiger partial charge in [-0.1, -0.05) is 77.3 Å². The van der Waals surface area contributed by atoms with Crippen LogP contribution in [0.5, 0.6) is 0 Å². The molecule has 0 spiro atoms. The van der Waals surface area contributed by atoms with Gasteiger partial charge in [-0.2, -0.15) is 9.41 Å². The number of nitrogens with zero attached hydrogens (tertiary/aromatic N) is 2. The Bertz CT molecular complexity index is 1300. The molecule has 0 heterocycles. The summed E-state index contributed by atoms with van der Waals surface area (Å²) in [5.74, 6) is -0.580. The summed E-state index contributed by atoms with van der Waals surface area (Å²) in [6.45, 7) is 5.18. The molecule has 0 saturated carbocycles. The Labute approximate surface area is 216 Å². The van der Waals surface area contributed by atoms with E-state index >= 15 is 0 Å². The molecule has 0 aliphatic heterocycles. The molecule has 3 rings (SSSR count). The number of hydrogen-bond acceptors (Lipinski definition) is 4. The second kappa shape index (κ2) is 11.8. The summed E-state index contributed by atoms with van der Waals surface area (Å²) in [5, 5.41) is 4.69. The first-order valence-corrected chi connectivity index (χ1v) is 13.2. The fourth-order valence-corrected chi connectivity index (χ4v) is 6.19. The smallest absolute Gasteiger partial charge is 0.255 e. The van der Waals surface area contributed by atoms with E-state index in [1.807, 2.05) is 49.4 Å². The molecule has 35 heavy (non-hydrogen) atoms. The van der Waals surface area contributed by atoms with E-state index in [9.17, 15) is 13.2 Å². The van der Waals surface area contributed by atoms with Crippen molar-refractivity contribution in [3.05, 3.63) is 98.5 Å². The number of carbonyl (C=O) groups is 1. The summed E-state index contributed by atoms with van der Waals surface area (Å²) in [4.78, 5) is 12.9. The van der Waals surface area contributed by atoms with Gasteiger partial charge in [-0.25, -0.2) is 13.8 Å². The highest BCUT2D eigenvalue weighted by molar-refractivity contribution is 7.89. The third-order valence-corrected chi connectivity index (χ3v) is 8.21. The normalized spacial score (nSPS) is 11.8. The highest BCUT2D eigenvalue weighted by Gasteiger charge is 2.29. The van der Waals surface area contributed by atoms with Crippen molar-refractivity contribution in [1.82, 2.24) is 9.73 Å². The first kappa shape index (κ1) is 26.9. The number of nitrogens with one attached hydrogen (secondary N) is 1. The Morgan fingerprint density at radius 2 is 1.57 bits per heavy atom. The number of amides is 1. The highest BCUT2D eigenvalue weighted by Crippen LogP contribution is 2.26. The predicted molar refractivity (Wildman–Crippen MR) is 142 cm³/mol. The maximum Gasteiger partial charge on any atom is 0.255 e.